The number of benzene rings is 2. The summed E-state index contributed by atoms with van der Waals surface area (Å²) in [6.07, 6.45) is 12.4. The molecule has 2 unspecified atom stereocenters. The zero-order chi connectivity index (χ0) is 41.8. The Bertz CT molecular complexity index is 2060. The van der Waals surface area contributed by atoms with E-state index in [0.717, 1.165) is 56.3 Å². The van der Waals surface area contributed by atoms with Crippen molar-refractivity contribution in [2.24, 2.45) is 0 Å². The van der Waals surface area contributed by atoms with Crippen LogP contribution in [0, 0.1) is 28.8 Å². The van der Waals surface area contributed by atoms with Gasteiger partial charge in [-0.3, -0.25) is 9.69 Å². The maximum atomic E-state index is 15.7. The molecule has 3 saturated heterocycles. The Kier molecular flexibility index (Phi) is 15.0. The molecule has 1 amide bonds. The maximum Gasteiger partial charge on any atom is 0.512 e. The fraction of sp³-hybridized carbons (Fsp3) is 0.415. The number of ether oxygens (including phenoxy) is 5. The molecule has 3 fully saturated rings. The zero-order valence-corrected chi connectivity index (χ0v) is 33.0. The fourth-order valence-electron chi connectivity index (χ4n) is 6.88. The largest absolute Gasteiger partial charge is 0.512 e. The van der Waals surface area contributed by atoms with Crippen molar-refractivity contribution in [2.45, 2.75) is 61.2 Å². The van der Waals surface area contributed by atoms with Crippen molar-refractivity contribution in [3.05, 3.63) is 114 Å². The molecular formula is C41H43F3N6O8S. The molecule has 0 N–H and O–H groups in total. The van der Waals surface area contributed by atoms with Crippen LogP contribution in [-0.2, 0) is 45.4 Å². The SMILES string of the molecule is CC(SC1COC(C=CC=Cc2ccc(C#N)cc2F)OC1)C(Cn1cncn1)(OC(=O)OCOC(=O)C=CC(=O)N1CC(N2CCCCC2)C1)c1ccc(F)cc1F. The molecule has 59 heavy (non-hydrogen) atoms. The van der Waals surface area contributed by atoms with Gasteiger partial charge in [0, 0.05) is 53.7 Å². The Morgan fingerprint density at radius 3 is 2.49 bits per heavy atom. The minimum absolute atomic E-state index is 0.163. The first-order valence-corrected chi connectivity index (χ1v) is 19.9. The van der Waals surface area contributed by atoms with Gasteiger partial charge in [0.2, 0.25) is 12.7 Å². The van der Waals surface area contributed by atoms with Gasteiger partial charge in [0.05, 0.1) is 36.6 Å². The number of allylic oxidation sites excluding steroid dienone is 2. The number of likely N-dealkylation sites (tertiary alicyclic amines) is 2. The van der Waals surface area contributed by atoms with Crippen molar-refractivity contribution in [1.82, 2.24) is 24.6 Å². The number of carbonyl (C=O) groups is 3. The molecule has 3 aliphatic rings. The number of thioether (sulfide) groups is 1. The van der Waals surface area contributed by atoms with E-state index in [4.69, 9.17) is 28.9 Å². The van der Waals surface area contributed by atoms with Crippen molar-refractivity contribution in [2.75, 3.05) is 46.2 Å². The number of hydrogen-bond acceptors (Lipinski definition) is 13. The number of halogens is 3. The zero-order valence-electron chi connectivity index (χ0n) is 32.2. The summed E-state index contributed by atoms with van der Waals surface area (Å²) >= 11 is 1.25. The number of carbonyl (C=O) groups excluding carboxylic acids is 3. The molecule has 3 aromatic rings. The Hall–Kier alpha value is -5.48. The van der Waals surface area contributed by atoms with Gasteiger partial charge in [-0.2, -0.15) is 10.4 Å². The molecule has 0 spiro atoms. The van der Waals surface area contributed by atoms with Gasteiger partial charge in [-0.15, -0.1) is 11.8 Å². The highest BCUT2D eigenvalue weighted by Gasteiger charge is 2.47. The normalized spacial score (nSPS) is 20.6. The smallest absolute Gasteiger partial charge is 0.425 e. The van der Waals surface area contributed by atoms with E-state index in [9.17, 15) is 23.2 Å². The van der Waals surface area contributed by atoms with Crippen LogP contribution < -0.4 is 0 Å². The summed E-state index contributed by atoms with van der Waals surface area (Å²) in [4.78, 5) is 46.2. The van der Waals surface area contributed by atoms with Crippen LogP contribution in [0.4, 0.5) is 18.0 Å². The molecule has 6 rings (SSSR count). The second kappa shape index (κ2) is 20.5. The van der Waals surface area contributed by atoms with Crippen LogP contribution in [-0.4, -0.2) is 112 Å². The third-order valence-corrected chi connectivity index (χ3v) is 11.5. The van der Waals surface area contributed by atoms with E-state index in [1.807, 2.05) is 6.07 Å². The van der Waals surface area contributed by atoms with E-state index >= 15 is 4.39 Å². The van der Waals surface area contributed by atoms with Crippen LogP contribution in [0.25, 0.3) is 6.08 Å². The Balaban J connectivity index is 1.06. The average molecular weight is 837 g/mol. The predicted molar refractivity (Wildman–Crippen MR) is 207 cm³/mol. The summed E-state index contributed by atoms with van der Waals surface area (Å²) in [5, 5.41) is 11.9. The molecule has 1 aromatic heterocycles. The third kappa shape index (κ3) is 11.6. The first-order valence-electron chi connectivity index (χ1n) is 19.0. The highest BCUT2D eigenvalue weighted by molar-refractivity contribution is 8.00. The Morgan fingerprint density at radius 1 is 1.02 bits per heavy atom. The highest BCUT2D eigenvalue weighted by Crippen LogP contribution is 2.42. The molecule has 18 heteroatoms. The van der Waals surface area contributed by atoms with Crippen molar-refractivity contribution >= 4 is 35.9 Å². The predicted octanol–water partition coefficient (Wildman–Crippen LogP) is 5.50. The minimum atomic E-state index is -1.91. The Labute approximate surface area is 343 Å². The number of nitriles is 1. The van der Waals surface area contributed by atoms with E-state index in [1.54, 1.807) is 30.1 Å². The van der Waals surface area contributed by atoms with E-state index in [-0.39, 0.29) is 42.0 Å². The lowest BCUT2D eigenvalue weighted by Gasteiger charge is -2.46. The molecule has 3 aliphatic heterocycles. The number of amides is 1. The molecule has 0 bridgehead atoms. The summed E-state index contributed by atoms with van der Waals surface area (Å²) in [5.41, 5.74) is -1.59. The van der Waals surface area contributed by atoms with Crippen LogP contribution in [0.15, 0.2) is 79.4 Å². The number of nitrogens with zero attached hydrogens (tertiary/aromatic N) is 6. The summed E-state index contributed by atoms with van der Waals surface area (Å²) in [6, 6.07) is 9.20. The van der Waals surface area contributed by atoms with E-state index in [1.165, 1.54) is 53.7 Å². The monoisotopic (exact) mass is 836 g/mol. The summed E-state index contributed by atoms with van der Waals surface area (Å²) in [6.45, 7) is 4.03. The summed E-state index contributed by atoms with van der Waals surface area (Å²) < 4.78 is 73.1. The second-order valence-corrected chi connectivity index (χ2v) is 15.7. The number of aromatic nitrogens is 3. The third-order valence-electron chi connectivity index (χ3n) is 10.1. The fourth-order valence-corrected chi connectivity index (χ4v) is 8.24. The lowest BCUT2D eigenvalue weighted by atomic mass is 9.89. The molecule has 2 atom stereocenters. The lowest BCUT2D eigenvalue weighted by molar-refractivity contribution is -0.150. The van der Waals surface area contributed by atoms with Gasteiger partial charge in [-0.05, 0) is 63.2 Å². The topological polar surface area (TPSA) is 158 Å². The summed E-state index contributed by atoms with van der Waals surface area (Å²) in [5.74, 6) is -3.68. The standard InChI is InChI=1S/C41H43F3N6O8S/c1-28(59-33-22-54-39(55-23-33)8-4-3-7-30-10-9-29(19-45)17-35(30)43)41(24-50-26-46-25-47-50,34-12-11-31(42)18-36(34)44)58-40(53)57-27-56-38(52)14-13-37(51)49-20-32(21-49)48-15-5-2-6-16-48/h3-4,7-14,17-18,25-26,28,32-33,39H,2,5-6,15-16,20-24,27H2,1H3. The highest BCUT2D eigenvalue weighted by atomic mass is 32.2. The van der Waals surface area contributed by atoms with Crippen LogP contribution in [0.5, 0.6) is 0 Å². The maximum absolute atomic E-state index is 15.7. The first kappa shape index (κ1) is 43.1. The average Bonchev–Trinajstić information content (AvgIpc) is 3.72. The Morgan fingerprint density at radius 2 is 1.80 bits per heavy atom. The van der Waals surface area contributed by atoms with E-state index in [0.29, 0.717) is 30.8 Å². The lowest BCUT2D eigenvalue weighted by Crippen LogP contribution is -2.61. The van der Waals surface area contributed by atoms with Crippen molar-refractivity contribution in [3.8, 4) is 6.07 Å². The first-order chi connectivity index (χ1) is 28.5. The van der Waals surface area contributed by atoms with E-state index in [2.05, 4.69) is 15.0 Å². The van der Waals surface area contributed by atoms with Crippen molar-refractivity contribution in [3.63, 3.8) is 0 Å². The van der Waals surface area contributed by atoms with Gasteiger partial charge in [-0.1, -0.05) is 30.7 Å². The molecule has 0 saturated carbocycles. The number of rotatable bonds is 15. The van der Waals surface area contributed by atoms with Gasteiger partial charge in [0.25, 0.3) is 0 Å². The quantitative estimate of drug-likeness (QED) is 0.0819. The number of hydrogen-bond donors (Lipinski definition) is 0. The number of piperidine rings is 1. The van der Waals surface area contributed by atoms with Gasteiger partial charge >= 0.3 is 12.1 Å². The molecule has 2 aromatic carbocycles. The molecule has 0 aliphatic carbocycles. The van der Waals surface area contributed by atoms with Crippen LogP contribution in [0.2, 0.25) is 0 Å². The van der Waals surface area contributed by atoms with Crippen molar-refractivity contribution < 1.29 is 51.2 Å². The molecular weight excluding hydrogens is 794 g/mol. The van der Waals surface area contributed by atoms with Crippen LogP contribution in [0.3, 0.4) is 0 Å². The summed E-state index contributed by atoms with van der Waals surface area (Å²) in [7, 11) is 0. The van der Waals surface area contributed by atoms with Crippen LogP contribution >= 0.6 is 11.8 Å². The number of esters is 1. The molecule has 0 radical (unpaired) electrons. The van der Waals surface area contributed by atoms with Gasteiger partial charge < -0.3 is 28.6 Å². The van der Waals surface area contributed by atoms with E-state index < -0.39 is 53.5 Å². The molecule has 4 heterocycles. The van der Waals surface area contributed by atoms with Crippen LogP contribution in [0.1, 0.15) is 42.9 Å². The van der Waals surface area contributed by atoms with Gasteiger partial charge in [0.15, 0.2) is 11.9 Å². The van der Waals surface area contributed by atoms with Gasteiger partial charge in [0.1, 0.15) is 30.1 Å². The second-order valence-electron chi connectivity index (χ2n) is 14.0. The van der Waals surface area contributed by atoms with Gasteiger partial charge in [-0.25, -0.2) is 32.4 Å². The molecule has 14 nitrogen and oxygen atoms in total. The minimum Gasteiger partial charge on any atom is -0.425 e. The molecule has 312 valence electrons. The van der Waals surface area contributed by atoms with Crippen molar-refractivity contribution in [1.29, 1.82) is 5.26 Å².